The van der Waals surface area contributed by atoms with E-state index >= 15 is 0 Å². The van der Waals surface area contributed by atoms with Crippen molar-refractivity contribution in [1.29, 1.82) is 0 Å². The molecule has 1 heterocycles. The average Bonchev–Trinajstić information content (AvgIpc) is 3.11. The Morgan fingerprint density at radius 1 is 1.10 bits per heavy atom. The molecule has 0 amide bonds. The van der Waals surface area contributed by atoms with Gasteiger partial charge in [-0.2, -0.15) is 5.10 Å². The van der Waals surface area contributed by atoms with Gasteiger partial charge in [-0.1, -0.05) is 0 Å². The highest BCUT2D eigenvalue weighted by molar-refractivity contribution is 5.64. The number of methoxy groups -OCH3 is 2. The molecule has 2 aromatic carbocycles. The van der Waals surface area contributed by atoms with Crippen LogP contribution in [0.25, 0.3) is 11.3 Å². The largest absolute Gasteiger partial charge is 0.497 e. The molecule has 3 aromatic rings. The van der Waals surface area contributed by atoms with Crippen molar-refractivity contribution in [2.75, 3.05) is 20.8 Å². The van der Waals surface area contributed by atoms with Crippen LogP contribution in [-0.4, -0.2) is 35.5 Å². The van der Waals surface area contributed by atoms with Gasteiger partial charge in [0, 0.05) is 43.0 Å². The molecule has 0 saturated carbocycles. The molecule has 29 heavy (non-hydrogen) atoms. The second-order valence-electron chi connectivity index (χ2n) is 6.59. The van der Waals surface area contributed by atoms with E-state index in [0.29, 0.717) is 6.54 Å². The molecule has 0 spiro atoms. The predicted octanol–water partition coefficient (Wildman–Crippen LogP) is 3.34. The monoisotopic (exact) mass is 396 g/mol. The van der Waals surface area contributed by atoms with Crippen molar-refractivity contribution in [3.63, 3.8) is 0 Å². The van der Waals surface area contributed by atoms with Crippen molar-refractivity contribution in [2.24, 2.45) is 7.05 Å². The Bertz CT molecular complexity index is 983. The summed E-state index contributed by atoms with van der Waals surface area (Å²) in [6.07, 6.45) is 2.74. The van der Waals surface area contributed by atoms with E-state index in [1.54, 1.807) is 31.0 Å². The van der Waals surface area contributed by atoms with E-state index in [0.717, 1.165) is 46.8 Å². The fourth-order valence-corrected chi connectivity index (χ4v) is 3.17. The first-order chi connectivity index (χ1) is 14.0. The maximum Gasteiger partial charge on any atom is 0.269 e. The highest BCUT2D eigenvalue weighted by Crippen LogP contribution is 2.25. The number of nitrogens with zero attached hydrogens (tertiary/aromatic N) is 3. The fraction of sp³-hybridized carbons (Fsp3) is 0.286. The third-order valence-electron chi connectivity index (χ3n) is 4.63. The van der Waals surface area contributed by atoms with E-state index in [4.69, 9.17) is 9.47 Å². The summed E-state index contributed by atoms with van der Waals surface area (Å²) in [5.41, 5.74) is 3.83. The molecule has 152 valence electrons. The zero-order valence-electron chi connectivity index (χ0n) is 16.7. The van der Waals surface area contributed by atoms with Crippen molar-refractivity contribution in [3.8, 4) is 22.8 Å². The molecule has 8 nitrogen and oxygen atoms in total. The summed E-state index contributed by atoms with van der Waals surface area (Å²) in [7, 11) is 5.16. The fourth-order valence-electron chi connectivity index (χ4n) is 3.17. The summed E-state index contributed by atoms with van der Waals surface area (Å²) in [6, 6.07) is 12.2. The van der Waals surface area contributed by atoms with Gasteiger partial charge in [0.25, 0.3) is 5.69 Å². The van der Waals surface area contributed by atoms with Gasteiger partial charge >= 0.3 is 0 Å². The van der Waals surface area contributed by atoms with Crippen LogP contribution in [0.4, 0.5) is 5.69 Å². The number of benzene rings is 2. The smallest absolute Gasteiger partial charge is 0.269 e. The van der Waals surface area contributed by atoms with E-state index in [9.17, 15) is 10.1 Å². The molecule has 1 aromatic heterocycles. The first-order valence-corrected chi connectivity index (χ1v) is 9.20. The number of hydrogen-bond donors (Lipinski definition) is 1. The minimum atomic E-state index is -0.405. The van der Waals surface area contributed by atoms with Gasteiger partial charge in [0.05, 0.1) is 24.8 Å². The first kappa shape index (κ1) is 20.3. The van der Waals surface area contributed by atoms with Gasteiger partial charge < -0.3 is 14.8 Å². The van der Waals surface area contributed by atoms with E-state index in [-0.39, 0.29) is 5.69 Å². The van der Waals surface area contributed by atoms with Crippen molar-refractivity contribution in [3.05, 3.63) is 69.9 Å². The Morgan fingerprint density at radius 3 is 2.52 bits per heavy atom. The minimum Gasteiger partial charge on any atom is -0.497 e. The SMILES string of the molecule is COc1ccc(OC)c(CCNCc2cn(C)nc2-c2ccc([N+](=O)[O-])cc2)c1. The van der Waals surface area contributed by atoms with Crippen molar-refractivity contribution < 1.29 is 14.4 Å². The lowest BCUT2D eigenvalue weighted by molar-refractivity contribution is -0.384. The highest BCUT2D eigenvalue weighted by atomic mass is 16.6. The molecule has 0 atom stereocenters. The van der Waals surface area contributed by atoms with Crippen molar-refractivity contribution >= 4 is 5.69 Å². The topological polar surface area (TPSA) is 91.5 Å². The number of non-ortho nitro benzene ring substituents is 1. The highest BCUT2D eigenvalue weighted by Gasteiger charge is 2.12. The summed E-state index contributed by atoms with van der Waals surface area (Å²) in [6.45, 7) is 1.38. The maximum atomic E-state index is 10.9. The van der Waals surface area contributed by atoms with E-state index in [2.05, 4.69) is 10.4 Å². The Balaban J connectivity index is 1.66. The molecule has 0 saturated heterocycles. The molecule has 0 unspecified atom stereocenters. The summed E-state index contributed by atoms with van der Waals surface area (Å²) < 4.78 is 12.5. The summed E-state index contributed by atoms with van der Waals surface area (Å²) in [4.78, 5) is 10.5. The number of rotatable bonds is 9. The van der Waals surface area contributed by atoms with Gasteiger partial charge in [-0.05, 0) is 48.9 Å². The second-order valence-corrected chi connectivity index (χ2v) is 6.59. The lowest BCUT2D eigenvalue weighted by atomic mass is 10.1. The summed E-state index contributed by atoms with van der Waals surface area (Å²) >= 11 is 0. The molecule has 0 aliphatic carbocycles. The second kappa shape index (κ2) is 9.20. The number of nitro groups is 1. The van der Waals surface area contributed by atoms with Gasteiger partial charge in [0.2, 0.25) is 0 Å². The van der Waals surface area contributed by atoms with Gasteiger partial charge in [-0.3, -0.25) is 14.8 Å². The lowest BCUT2D eigenvalue weighted by Gasteiger charge is -2.11. The number of hydrogen-bond acceptors (Lipinski definition) is 6. The molecule has 0 radical (unpaired) electrons. The Morgan fingerprint density at radius 2 is 1.86 bits per heavy atom. The molecule has 1 N–H and O–H groups in total. The standard InChI is InChI=1S/C21H24N4O4/c1-24-14-17(21(23-24)15-4-6-18(7-5-15)25(26)27)13-22-11-10-16-12-19(28-2)8-9-20(16)29-3/h4-9,12,14,22H,10-11,13H2,1-3H3. The number of nitrogens with one attached hydrogen (secondary N) is 1. The van der Waals surface area contributed by atoms with E-state index < -0.39 is 4.92 Å². The molecule has 8 heteroatoms. The third kappa shape index (κ3) is 4.91. The predicted molar refractivity (Wildman–Crippen MR) is 110 cm³/mol. The van der Waals surface area contributed by atoms with Crippen LogP contribution in [-0.2, 0) is 20.0 Å². The molecular weight excluding hydrogens is 372 g/mol. The Kier molecular flexibility index (Phi) is 6.46. The first-order valence-electron chi connectivity index (χ1n) is 9.20. The number of nitro benzene ring substituents is 1. The van der Waals surface area contributed by atoms with Crippen LogP contribution >= 0.6 is 0 Å². The molecule has 0 bridgehead atoms. The molecule has 3 rings (SSSR count). The van der Waals surface area contributed by atoms with Crippen LogP contribution < -0.4 is 14.8 Å². The van der Waals surface area contributed by atoms with Gasteiger partial charge in [0.1, 0.15) is 11.5 Å². The summed E-state index contributed by atoms with van der Waals surface area (Å²) in [5.74, 6) is 1.63. The van der Waals surface area contributed by atoms with Crippen molar-refractivity contribution in [1.82, 2.24) is 15.1 Å². The minimum absolute atomic E-state index is 0.0663. The average molecular weight is 396 g/mol. The lowest BCUT2D eigenvalue weighted by Crippen LogP contribution is -2.17. The maximum absolute atomic E-state index is 10.9. The van der Waals surface area contributed by atoms with Crippen LogP contribution in [0.2, 0.25) is 0 Å². The van der Waals surface area contributed by atoms with Gasteiger partial charge in [-0.25, -0.2) is 0 Å². The van der Waals surface area contributed by atoms with Crippen LogP contribution in [0.3, 0.4) is 0 Å². The zero-order valence-corrected chi connectivity index (χ0v) is 16.7. The van der Waals surface area contributed by atoms with Crippen LogP contribution in [0, 0.1) is 10.1 Å². The normalized spacial score (nSPS) is 10.7. The Labute approximate surface area is 169 Å². The number of aromatic nitrogens is 2. The van der Waals surface area contributed by atoms with E-state index in [1.807, 2.05) is 31.4 Å². The van der Waals surface area contributed by atoms with Crippen LogP contribution in [0.1, 0.15) is 11.1 Å². The number of aryl methyl sites for hydroxylation is 1. The Hall–Kier alpha value is -3.39. The van der Waals surface area contributed by atoms with E-state index in [1.165, 1.54) is 12.1 Å². The quantitative estimate of drug-likeness (QED) is 0.339. The van der Waals surface area contributed by atoms with Gasteiger partial charge in [0.15, 0.2) is 0 Å². The molecular formula is C21H24N4O4. The van der Waals surface area contributed by atoms with Crippen molar-refractivity contribution in [2.45, 2.75) is 13.0 Å². The molecule has 0 aliphatic rings. The third-order valence-corrected chi connectivity index (χ3v) is 4.63. The van der Waals surface area contributed by atoms with Gasteiger partial charge in [-0.15, -0.1) is 0 Å². The zero-order chi connectivity index (χ0) is 20.8. The van der Waals surface area contributed by atoms with Crippen LogP contribution in [0.5, 0.6) is 11.5 Å². The van der Waals surface area contributed by atoms with Crippen LogP contribution in [0.15, 0.2) is 48.7 Å². The molecule has 0 aliphatic heterocycles. The molecule has 0 fully saturated rings. The summed E-state index contributed by atoms with van der Waals surface area (Å²) in [5, 5.41) is 18.8. The number of ether oxygens (including phenoxy) is 2.